The van der Waals surface area contributed by atoms with Crippen LogP contribution >= 0.6 is 11.8 Å². The maximum Gasteiger partial charge on any atom is 0.288 e. The minimum absolute atomic E-state index is 0.250. The first kappa shape index (κ1) is 18.9. The minimum Gasteiger partial charge on any atom is -0.355 e. The molecule has 27 heavy (non-hydrogen) atoms. The second kappa shape index (κ2) is 8.68. The topological polar surface area (TPSA) is 41.1 Å². The zero-order chi connectivity index (χ0) is 19.2. The van der Waals surface area contributed by atoms with Gasteiger partial charge in [0.2, 0.25) is 0 Å². The van der Waals surface area contributed by atoms with Crippen LogP contribution in [0.4, 0.5) is 25.8 Å². The van der Waals surface area contributed by atoms with E-state index in [1.165, 1.54) is 0 Å². The fourth-order valence-corrected chi connectivity index (χ4v) is 3.09. The molecule has 0 heterocycles. The Balaban J connectivity index is 1.79. The first-order valence-electron chi connectivity index (χ1n) is 8.30. The van der Waals surface area contributed by atoms with E-state index in [0.29, 0.717) is 39.3 Å². The number of alkyl halides is 2. The monoisotopic (exact) mass is 384 g/mol. The van der Waals surface area contributed by atoms with E-state index in [0.717, 1.165) is 5.56 Å². The van der Waals surface area contributed by atoms with Gasteiger partial charge in [-0.15, -0.1) is 0 Å². The van der Waals surface area contributed by atoms with Crippen molar-refractivity contribution in [2.24, 2.45) is 0 Å². The van der Waals surface area contributed by atoms with Crippen molar-refractivity contribution in [1.82, 2.24) is 0 Å². The molecule has 0 fully saturated rings. The average molecular weight is 384 g/mol. The Kier molecular flexibility index (Phi) is 6.08. The van der Waals surface area contributed by atoms with Crippen molar-refractivity contribution >= 4 is 34.7 Å². The Morgan fingerprint density at radius 3 is 2.41 bits per heavy atom. The lowest BCUT2D eigenvalue weighted by atomic mass is 10.1. The lowest BCUT2D eigenvalue weighted by Crippen LogP contribution is -2.13. The molecular formula is C21H18F2N2OS. The van der Waals surface area contributed by atoms with E-state index < -0.39 is 5.76 Å². The predicted molar refractivity (Wildman–Crippen MR) is 107 cm³/mol. The summed E-state index contributed by atoms with van der Waals surface area (Å²) in [5.74, 6) is -2.73. The fraction of sp³-hybridized carbons (Fsp3) is 0.0952. The van der Waals surface area contributed by atoms with Crippen molar-refractivity contribution in [3.63, 3.8) is 0 Å². The molecule has 138 valence electrons. The van der Waals surface area contributed by atoms with Crippen LogP contribution in [0.2, 0.25) is 0 Å². The Morgan fingerprint density at radius 1 is 0.926 bits per heavy atom. The van der Waals surface area contributed by atoms with Gasteiger partial charge >= 0.3 is 0 Å². The van der Waals surface area contributed by atoms with Crippen LogP contribution in [0.5, 0.6) is 0 Å². The van der Waals surface area contributed by atoms with Gasteiger partial charge in [0.15, 0.2) is 0 Å². The van der Waals surface area contributed by atoms with Gasteiger partial charge in [0, 0.05) is 16.3 Å². The number of rotatable bonds is 6. The van der Waals surface area contributed by atoms with E-state index in [2.05, 4.69) is 10.6 Å². The van der Waals surface area contributed by atoms with Gasteiger partial charge in [-0.2, -0.15) is 8.78 Å². The third kappa shape index (κ3) is 5.31. The molecule has 3 aromatic rings. The van der Waals surface area contributed by atoms with Crippen LogP contribution in [0.25, 0.3) is 0 Å². The van der Waals surface area contributed by atoms with Gasteiger partial charge in [-0.25, -0.2) is 0 Å². The number of hydrogen-bond donors (Lipinski definition) is 2. The number of hydrogen-bond acceptors (Lipinski definition) is 3. The summed E-state index contributed by atoms with van der Waals surface area (Å²) in [5.41, 5.74) is 3.51. The van der Waals surface area contributed by atoms with E-state index in [1.807, 2.05) is 37.3 Å². The summed E-state index contributed by atoms with van der Waals surface area (Å²) < 4.78 is 25.1. The van der Waals surface area contributed by atoms with E-state index in [9.17, 15) is 13.6 Å². The number of carbonyl (C=O) groups is 1. The van der Waals surface area contributed by atoms with E-state index >= 15 is 0 Å². The summed E-state index contributed by atoms with van der Waals surface area (Å²) in [4.78, 5) is 13.1. The molecule has 3 rings (SSSR count). The second-order valence-electron chi connectivity index (χ2n) is 5.90. The molecule has 6 heteroatoms. The average Bonchev–Trinajstić information content (AvgIpc) is 2.64. The van der Waals surface area contributed by atoms with Crippen molar-refractivity contribution in [2.45, 2.75) is 17.6 Å². The normalized spacial score (nSPS) is 10.7. The molecule has 0 aliphatic heterocycles. The third-order valence-electron chi connectivity index (χ3n) is 3.82. The molecule has 3 nitrogen and oxygen atoms in total. The van der Waals surface area contributed by atoms with Crippen molar-refractivity contribution in [3.05, 3.63) is 83.9 Å². The van der Waals surface area contributed by atoms with Crippen LogP contribution in [0, 0.1) is 6.92 Å². The molecule has 0 radical (unpaired) electrons. The molecule has 0 unspecified atom stereocenters. The molecule has 3 aromatic carbocycles. The summed E-state index contributed by atoms with van der Waals surface area (Å²) in [7, 11) is 0. The quantitative estimate of drug-likeness (QED) is 0.490. The van der Waals surface area contributed by atoms with E-state index in [1.54, 1.807) is 42.5 Å². The second-order valence-corrected chi connectivity index (χ2v) is 6.96. The highest BCUT2D eigenvalue weighted by molar-refractivity contribution is 7.99. The fourth-order valence-electron chi connectivity index (χ4n) is 2.53. The van der Waals surface area contributed by atoms with Crippen LogP contribution in [-0.4, -0.2) is 11.7 Å². The number of para-hydroxylation sites is 1. The molecule has 0 saturated carbocycles. The van der Waals surface area contributed by atoms with E-state index in [4.69, 9.17) is 0 Å². The summed E-state index contributed by atoms with van der Waals surface area (Å²) in [5, 5.41) is 6.01. The Morgan fingerprint density at radius 2 is 1.67 bits per heavy atom. The van der Waals surface area contributed by atoms with Crippen LogP contribution in [0.1, 0.15) is 15.9 Å². The van der Waals surface area contributed by atoms with Crippen molar-refractivity contribution in [3.8, 4) is 0 Å². The van der Waals surface area contributed by atoms with Crippen molar-refractivity contribution < 1.29 is 13.6 Å². The summed E-state index contributed by atoms with van der Waals surface area (Å²) in [6.45, 7) is 1.98. The maximum absolute atomic E-state index is 12.7. The number of benzene rings is 3. The maximum atomic E-state index is 12.7. The smallest absolute Gasteiger partial charge is 0.288 e. The number of thioether (sulfide) groups is 1. The molecule has 0 saturated heterocycles. The molecular weight excluding hydrogens is 366 g/mol. The highest BCUT2D eigenvalue weighted by Gasteiger charge is 2.12. The largest absolute Gasteiger partial charge is 0.355 e. The molecule has 0 bridgehead atoms. The Labute approximate surface area is 160 Å². The zero-order valence-corrected chi connectivity index (χ0v) is 15.4. The summed E-state index contributed by atoms with van der Waals surface area (Å²) in [6.07, 6.45) is 0. The minimum atomic E-state index is -2.48. The predicted octanol–water partition coefficient (Wildman–Crippen LogP) is 6.31. The van der Waals surface area contributed by atoms with Crippen LogP contribution < -0.4 is 10.6 Å². The number of anilines is 3. The van der Waals surface area contributed by atoms with Gasteiger partial charge in [-0.1, -0.05) is 47.7 Å². The van der Waals surface area contributed by atoms with Gasteiger partial charge in [0.1, 0.15) is 0 Å². The molecule has 1 amide bonds. The van der Waals surface area contributed by atoms with Crippen LogP contribution in [-0.2, 0) is 0 Å². The molecule has 0 aliphatic carbocycles. The highest BCUT2D eigenvalue weighted by Crippen LogP contribution is 2.29. The van der Waals surface area contributed by atoms with Gasteiger partial charge < -0.3 is 10.6 Å². The lowest BCUT2D eigenvalue weighted by molar-refractivity contribution is 0.102. The van der Waals surface area contributed by atoms with Gasteiger partial charge in [-0.05, 0) is 49.4 Å². The number of aryl methyl sites for hydroxylation is 1. The molecule has 0 aliphatic rings. The number of nitrogens with one attached hydrogen (secondary N) is 2. The Hall–Kier alpha value is -2.86. The van der Waals surface area contributed by atoms with Gasteiger partial charge in [0.05, 0.1) is 11.3 Å². The highest BCUT2D eigenvalue weighted by atomic mass is 32.2. The molecule has 0 atom stereocenters. The number of halogens is 2. The third-order valence-corrected chi connectivity index (χ3v) is 4.52. The Bertz CT molecular complexity index is 929. The number of carbonyl (C=O) groups excluding carboxylic acids is 1. The molecule has 0 spiro atoms. The zero-order valence-electron chi connectivity index (χ0n) is 14.6. The summed E-state index contributed by atoms with van der Waals surface area (Å²) in [6, 6.07) is 21.3. The van der Waals surface area contributed by atoms with Crippen molar-refractivity contribution in [2.75, 3.05) is 10.6 Å². The standard InChI is InChI=1S/C21H18F2N2OS/c1-14-9-11-15(12-10-14)25-20(26)18-7-2-3-8-19(18)24-16-5-4-6-17(13-16)27-21(22)23/h2-13,21,24H,1H3,(H,25,26). The van der Waals surface area contributed by atoms with Crippen molar-refractivity contribution in [1.29, 1.82) is 0 Å². The lowest BCUT2D eigenvalue weighted by Gasteiger charge is -2.13. The first-order chi connectivity index (χ1) is 13.0. The number of amides is 1. The van der Waals surface area contributed by atoms with Gasteiger partial charge in [-0.3, -0.25) is 4.79 Å². The molecule has 0 aromatic heterocycles. The first-order valence-corrected chi connectivity index (χ1v) is 9.18. The van der Waals surface area contributed by atoms with E-state index in [-0.39, 0.29) is 5.91 Å². The van der Waals surface area contributed by atoms with Crippen LogP contribution in [0.15, 0.2) is 77.7 Å². The molecule has 2 N–H and O–H groups in total. The van der Waals surface area contributed by atoms with Crippen LogP contribution in [0.3, 0.4) is 0 Å². The van der Waals surface area contributed by atoms with Gasteiger partial charge in [0.25, 0.3) is 11.7 Å². The summed E-state index contributed by atoms with van der Waals surface area (Å²) >= 11 is 0.484. The SMILES string of the molecule is Cc1ccc(NC(=O)c2ccccc2Nc2cccc(SC(F)F)c2)cc1.